The highest BCUT2D eigenvalue weighted by molar-refractivity contribution is 7.99. The van der Waals surface area contributed by atoms with Crippen molar-refractivity contribution < 1.29 is 18.8 Å². The summed E-state index contributed by atoms with van der Waals surface area (Å²) in [6.07, 6.45) is 0. The Labute approximate surface area is 231 Å². The van der Waals surface area contributed by atoms with Gasteiger partial charge < -0.3 is 27.0 Å². The molecule has 4 amide bonds. The first-order chi connectivity index (χ1) is 18.6. The summed E-state index contributed by atoms with van der Waals surface area (Å²) in [7, 11) is 0. The molecule has 6 N–H and O–H groups in total. The van der Waals surface area contributed by atoms with Crippen LogP contribution < -0.4 is 27.0 Å². The minimum absolute atomic E-state index is 0.0869. The molecule has 0 aromatic heterocycles. The molecule has 0 radical (unpaired) electrons. The fourth-order valence-electron chi connectivity index (χ4n) is 4.33. The molecule has 8 nitrogen and oxygen atoms in total. The first-order valence-electron chi connectivity index (χ1n) is 12.6. The van der Waals surface area contributed by atoms with E-state index in [2.05, 4.69) is 10.6 Å². The SMILES string of the molecule is CC(C)C(N)C(=O)N[C@@H]1CSc2cc(F)ccc2N(Cc2ccc(-c3ccccc3CNC(N)=O)cc2)C1=O. The van der Waals surface area contributed by atoms with Gasteiger partial charge in [-0.2, -0.15) is 0 Å². The Morgan fingerprint density at radius 3 is 2.51 bits per heavy atom. The van der Waals surface area contributed by atoms with Gasteiger partial charge in [-0.15, -0.1) is 11.8 Å². The number of benzene rings is 3. The van der Waals surface area contributed by atoms with Crippen LogP contribution in [0.25, 0.3) is 11.1 Å². The highest BCUT2D eigenvalue weighted by atomic mass is 32.2. The summed E-state index contributed by atoms with van der Waals surface area (Å²) in [6, 6.07) is 17.6. The topological polar surface area (TPSA) is 131 Å². The number of carbonyl (C=O) groups is 3. The maximum absolute atomic E-state index is 14.1. The Hall–Kier alpha value is -3.89. The Morgan fingerprint density at radius 2 is 1.82 bits per heavy atom. The fraction of sp³-hybridized carbons (Fsp3) is 0.276. The van der Waals surface area contributed by atoms with Gasteiger partial charge in [0, 0.05) is 17.2 Å². The maximum Gasteiger partial charge on any atom is 0.312 e. The van der Waals surface area contributed by atoms with Crippen LogP contribution in [0.2, 0.25) is 0 Å². The van der Waals surface area contributed by atoms with E-state index in [9.17, 15) is 18.8 Å². The first-order valence-corrected chi connectivity index (χ1v) is 13.6. The van der Waals surface area contributed by atoms with Gasteiger partial charge in [-0.25, -0.2) is 9.18 Å². The normalized spacial score (nSPS) is 15.9. The Kier molecular flexibility index (Phi) is 8.88. The van der Waals surface area contributed by atoms with Crippen molar-refractivity contribution in [2.45, 2.75) is 43.9 Å². The monoisotopic (exact) mass is 549 g/mol. The lowest BCUT2D eigenvalue weighted by Gasteiger charge is -2.27. The van der Waals surface area contributed by atoms with Crippen LogP contribution in [-0.2, 0) is 22.7 Å². The lowest BCUT2D eigenvalue weighted by Crippen LogP contribution is -2.54. The maximum atomic E-state index is 14.1. The fourth-order valence-corrected chi connectivity index (χ4v) is 5.42. The summed E-state index contributed by atoms with van der Waals surface area (Å²) in [5.41, 5.74) is 15.5. The zero-order valence-electron chi connectivity index (χ0n) is 21.8. The average molecular weight is 550 g/mol. The van der Waals surface area contributed by atoms with Gasteiger partial charge in [0.05, 0.1) is 18.3 Å². The van der Waals surface area contributed by atoms with Crippen LogP contribution in [-0.4, -0.2) is 35.7 Å². The lowest BCUT2D eigenvalue weighted by atomic mass is 9.98. The number of urea groups is 1. The molecule has 1 aliphatic heterocycles. The van der Waals surface area contributed by atoms with Crippen LogP contribution in [0.15, 0.2) is 71.6 Å². The standard InChI is InChI=1S/C29H32FN5O3S/c1-17(2)26(31)27(36)34-23-16-39-25-13-21(30)11-12-24(25)35(28(23)37)15-18-7-9-19(10-8-18)22-6-4-3-5-20(22)14-33-29(32)38/h3-13,17,23,26H,14-16,31H2,1-2H3,(H,34,36)(H3,32,33,38)/t23-,26?/m1/s1. The van der Waals surface area contributed by atoms with Gasteiger partial charge in [-0.05, 0) is 46.4 Å². The smallest absolute Gasteiger partial charge is 0.312 e. The van der Waals surface area contributed by atoms with Crippen molar-refractivity contribution in [1.82, 2.24) is 10.6 Å². The van der Waals surface area contributed by atoms with Gasteiger partial charge in [-0.1, -0.05) is 62.4 Å². The average Bonchev–Trinajstić information content (AvgIpc) is 3.04. The van der Waals surface area contributed by atoms with Crippen molar-refractivity contribution in [3.8, 4) is 11.1 Å². The Balaban J connectivity index is 1.60. The molecule has 0 saturated carbocycles. The number of fused-ring (bicyclic) bond motifs is 1. The number of thioether (sulfide) groups is 1. The van der Waals surface area contributed by atoms with E-state index in [1.165, 1.54) is 23.9 Å². The number of anilines is 1. The van der Waals surface area contributed by atoms with Crippen LogP contribution in [0.5, 0.6) is 0 Å². The minimum Gasteiger partial charge on any atom is -0.352 e. The third-order valence-corrected chi connectivity index (χ3v) is 7.73. The number of nitrogens with zero attached hydrogens (tertiary/aromatic N) is 1. The van der Waals surface area contributed by atoms with E-state index in [-0.39, 0.29) is 24.1 Å². The number of primary amides is 1. The van der Waals surface area contributed by atoms with Gasteiger partial charge in [0.1, 0.15) is 11.9 Å². The molecule has 0 fully saturated rings. The number of carbonyl (C=O) groups excluding carboxylic acids is 3. The van der Waals surface area contributed by atoms with Gasteiger partial charge in [0.15, 0.2) is 0 Å². The number of nitrogens with two attached hydrogens (primary N) is 2. The molecule has 1 aliphatic rings. The van der Waals surface area contributed by atoms with E-state index in [1.807, 2.05) is 62.4 Å². The van der Waals surface area contributed by atoms with Crippen molar-refractivity contribution in [1.29, 1.82) is 0 Å². The Morgan fingerprint density at radius 1 is 1.10 bits per heavy atom. The highest BCUT2D eigenvalue weighted by Gasteiger charge is 2.33. The molecule has 2 atom stereocenters. The van der Waals surface area contributed by atoms with Gasteiger partial charge in [-0.3, -0.25) is 9.59 Å². The first kappa shape index (κ1) is 28.1. The van der Waals surface area contributed by atoms with Gasteiger partial charge in [0.2, 0.25) is 5.91 Å². The second-order valence-corrected chi connectivity index (χ2v) is 10.8. The predicted molar refractivity (Wildman–Crippen MR) is 151 cm³/mol. The Bertz CT molecular complexity index is 1370. The summed E-state index contributed by atoms with van der Waals surface area (Å²) in [5, 5.41) is 5.42. The van der Waals surface area contributed by atoms with Crippen LogP contribution >= 0.6 is 11.8 Å². The van der Waals surface area contributed by atoms with Crippen molar-refractivity contribution >= 4 is 35.3 Å². The predicted octanol–water partition coefficient (Wildman–Crippen LogP) is 3.77. The summed E-state index contributed by atoms with van der Waals surface area (Å²) in [5.74, 6) is -0.904. The zero-order chi connectivity index (χ0) is 28.1. The summed E-state index contributed by atoms with van der Waals surface area (Å²) < 4.78 is 14.1. The minimum atomic E-state index is -0.813. The van der Waals surface area contributed by atoms with Crippen LogP contribution in [0.4, 0.5) is 14.9 Å². The number of halogens is 1. The van der Waals surface area contributed by atoms with Gasteiger partial charge >= 0.3 is 6.03 Å². The van der Waals surface area contributed by atoms with Crippen molar-refractivity contribution in [3.63, 3.8) is 0 Å². The number of nitrogens with one attached hydrogen (secondary N) is 2. The van der Waals surface area contributed by atoms with E-state index in [0.29, 0.717) is 17.1 Å². The molecule has 1 heterocycles. The molecule has 0 saturated heterocycles. The van der Waals surface area contributed by atoms with E-state index >= 15 is 0 Å². The quantitative estimate of drug-likeness (QED) is 0.340. The molecule has 0 aliphatic carbocycles. The molecular formula is C29H32FN5O3S. The van der Waals surface area contributed by atoms with Crippen LogP contribution in [0.3, 0.4) is 0 Å². The number of rotatable bonds is 8. The molecule has 0 spiro atoms. The second kappa shape index (κ2) is 12.3. The van der Waals surface area contributed by atoms with Crippen LogP contribution in [0.1, 0.15) is 25.0 Å². The van der Waals surface area contributed by atoms with Gasteiger partial charge in [0.25, 0.3) is 5.91 Å². The van der Waals surface area contributed by atoms with E-state index < -0.39 is 29.8 Å². The molecule has 1 unspecified atom stereocenters. The molecule has 3 aromatic carbocycles. The molecule has 204 valence electrons. The van der Waals surface area contributed by atoms with E-state index in [1.54, 1.807) is 11.0 Å². The zero-order valence-corrected chi connectivity index (χ0v) is 22.6. The molecular weight excluding hydrogens is 517 g/mol. The van der Waals surface area contributed by atoms with Crippen molar-refractivity contribution in [3.05, 3.63) is 83.7 Å². The van der Waals surface area contributed by atoms with Crippen molar-refractivity contribution in [2.24, 2.45) is 17.4 Å². The third kappa shape index (κ3) is 6.76. The van der Waals surface area contributed by atoms with Crippen molar-refractivity contribution in [2.75, 3.05) is 10.7 Å². The number of hydrogen-bond donors (Lipinski definition) is 4. The second-order valence-electron chi connectivity index (χ2n) is 9.75. The molecule has 4 rings (SSSR count). The molecule has 10 heteroatoms. The highest BCUT2D eigenvalue weighted by Crippen LogP contribution is 2.36. The molecule has 39 heavy (non-hydrogen) atoms. The summed E-state index contributed by atoms with van der Waals surface area (Å²) in [6.45, 7) is 4.21. The molecule has 0 bridgehead atoms. The summed E-state index contributed by atoms with van der Waals surface area (Å²) >= 11 is 1.32. The number of amides is 4. The largest absolute Gasteiger partial charge is 0.352 e. The number of hydrogen-bond acceptors (Lipinski definition) is 5. The third-order valence-electron chi connectivity index (χ3n) is 6.60. The van der Waals surface area contributed by atoms with E-state index in [4.69, 9.17) is 11.5 Å². The van der Waals surface area contributed by atoms with Crippen LogP contribution in [0, 0.1) is 11.7 Å². The molecule has 3 aromatic rings. The summed E-state index contributed by atoms with van der Waals surface area (Å²) in [4.78, 5) is 39.8. The lowest BCUT2D eigenvalue weighted by molar-refractivity contribution is -0.128. The van der Waals surface area contributed by atoms with E-state index in [0.717, 1.165) is 22.3 Å².